The Morgan fingerprint density at radius 2 is 2.38 bits per heavy atom. The summed E-state index contributed by atoms with van der Waals surface area (Å²) in [5, 5.41) is 7.91. The van der Waals surface area contributed by atoms with Gasteiger partial charge in [0.05, 0.1) is 5.69 Å². The van der Waals surface area contributed by atoms with Crippen molar-refractivity contribution >= 4 is 0 Å². The summed E-state index contributed by atoms with van der Waals surface area (Å²) in [7, 11) is 0. The number of rotatable bonds is 8. The van der Waals surface area contributed by atoms with Crippen molar-refractivity contribution < 1.29 is 0 Å². The molecule has 0 aliphatic carbocycles. The van der Waals surface area contributed by atoms with Crippen LogP contribution >= 0.6 is 0 Å². The Kier molecular flexibility index (Phi) is 5.86. The summed E-state index contributed by atoms with van der Waals surface area (Å²) in [5.74, 6) is 0. The summed E-state index contributed by atoms with van der Waals surface area (Å²) in [5.41, 5.74) is 2.45. The van der Waals surface area contributed by atoms with Crippen LogP contribution in [-0.2, 0) is 13.1 Å². The number of aryl methyl sites for hydroxylation is 2. The lowest BCUT2D eigenvalue weighted by Crippen LogP contribution is -2.13. The fourth-order valence-electron chi connectivity index (χ4n) is 1.64. The molecule has 0 amide bonds. The second-order valence-electron chi connectivity index (χ2n) is 4.11. The zero-order valence-electron chi connectivity index (χ0n) is 10.5. The minimum Gasteiger partial charge on any atom is -0.313 e. The number of nitrogens with zero attached hydrogens (tertiary/aromatic N) is 2. The van der Waals surface area contributed by atoms with Gasteiger partial charge in [-0.2, -0.15) is 5.10 Å². The van der Waals surface area contributed by atoms with Crippen LogP contribution in [0.25, 0.3) is 0 Å². The highest BCUT2D eigenvalue weighted by atomic mass is 15.3. The number of hydrogen-bond donors (Lipinski definition) is 1. The van der Waals surface area contributed by atoms with E-state index in [4.69, 9.17) is 0 Å². The van der Waals surface area contributed by atoms with Crippen LogP contribution in [0.3, 0.4) is 0 Å². The van der Waals surface area contributed by atoms with Gasteiger partial charge >= 0.3 is 0 Å². The van der Waals surface area contributed by atoms with E-state index in [1.807, 2.05) is 10.8 Å². The van der Waals surface area contributed by atoms with Crippen LogP contribution < -0.4 is 5.32 Å². The van der Waals surface area contributed by atoms with Gasteiger partial charge in [0.2, 0.25) is 0 Å². The standard InChI is InChI=1S/C13H23N3/c1-4-6-7-9-16-11-13(12(3)15-16)10-14-8-5-2/h4,11,14H,1,5-10H2,2-3H3. The monoisotopic (exact) mass is 221 g/mol. The Labute approximate surface area is 98.5 Å². The lowest BCUT2D eigenvalue weighted by molar-refractivity contribution is 0.579. The predicted molar refractivity (Wildman–Crippen MR) is 68.4 cm³/mol. The van der Waals surface area contributed by atoms with E-state index >= 15 is 0 Å². The second-order valence-corrected chi connectivity index (χ2v) is 4.11. The van der Waals surface area contributed by atoms with Crippen molar-refractivity contribution in [1.29, 1.82) is 0 Å². The van der Waals surface area contributed by atoms with E-state index in [9.17, 15) is 0 Å². The molecule has 0 radical (unpaired) electrons. The molecule has 1 N–H and O–H groups in total. The summed E-state index contributed by atoms with van der Waals surface area (Å²) < 4.78 is 2.04. The molecule has 0 saturated carbocycles. The lowest BCUT2D eigenvalue weighted by atomic mass is 10.2. The van der Waals surface area contributed by atoms with Gasteiger partial charge in [-0.05, 0) is 32.7 Å². The summed E-state index contributed by atoms with van der Waals surface area (Å²) in [4.78, 5) is 0. The number of nitrogens with one attached hydrogen (secondary N) is 1. The van der Waals surface area contributed by atoms with Crippen molar-refractivity contribution in [3.05, 3.63) is 30.1 Å². The molecule has 0 aromatic carbocycles. The molecule has 1 heterocycles. The Balaban J connectivity index is 2.42. The first-order chi connectivity index (χ1) is 7.77. The number of allylic oxidation sites excluding steroid dienone is 1. The molecule has 0 bridgehead atoms. The van der Waals surface area contributed by atoms with E-state index in [1.165, 1.54) is 12.0 Å². The van der Waals surface area contributed by atoms with Crippen LogP contribution in [0.15, 0.2) is 18.9 Å². The van der Waals surface area contributed by atoms with E-state index in [1.54, 1.807) is 0 Å². The van der Waals surface area contributed by atoms with Crippen molar-refractivity contribution in [3.8, 4) is 0 Å². The van der Waals surface area contributed by atoms with Crippen molar-refractivity contribution in [1.82, 2.24) is 15.1 Å². The van der Waals surface area contributed by atoms with E-state index in [2.05, 4.69) is 37.0 Å². The highest BCUT2D eigenvalue weighted by Crippen LogP contribution is 2.06. The Bertz CT molecular complexity index is 315. The minimum absolute atomic E-state index is 0.932. The molecule has 0 fully saturated rings. The molecule has 0 aliphatic rings. The second kappa shape index (κ2) is 7.23. The van der Waals surface area contributed by atoms with Crippen LogP contribution in [0.1, 0.15) is 37.4 Å². The molecule has 90 valence electrons. The smallest absolute Gasteiger partial charge is 0.0638 e. The van der Waals surface area contributed by atoms with Gasteiger partial charge in [-0.15, -0.1) is 6.58 Å². The van der Waals surface area contributed by atoms with Crippen LogP contribution in [0.4, 0.5) is 0 Å². The summed E-state index contributed by atoms with van der Waals surface area (Å²) in [6.45, 7) is 11.0. The van der Waals surface area contributed by atoms with Crippen molar-refractivity contribution in [2.45, 2.75) is 46.2 Å². The quantitative estimate of drug-likeness (QED) is 0.540. The van der Waals surface area contributed by atoms with Gasteiger partial charge in [0.1, 0.15) is 0 Å². The molecule has 0 spiro atoms. The van der Waals surface area contributed by atoms with Gasteiger partial charge < -0.3 is 5.32 Å². The largest absolute Gasteiger partial charge is 0.313 e. The van der Waals surface area contributed by atoms with E-state index in [-0.39, 0.29) is 0 Å². The topological polar surface area (TPSA) is 29.9 Å². The van der Waals surface area contributed by atoms with Crippen molar-refractivity contribution in [2.75, 3.05) is 6.54 Å². The third kappa shape index (κ3) is 4.19. The first kappa shape index (κ1) is 13.0. The molecule has 1 aromatic rings. The van der Waals surface area contributed by atoms with Gasteiger partial charge in [-0.3, -0.25) is 4.68 Å². The average Bonchev–Trinajstić information content (AvgIpc) is 2.61. The summed E-state index contributed by atoms with van der Waals surface area (Å²) in [6, 6.07) is 0. The molecule has 1 aromatic heterocycles. The van der Waals surface area contributed by atoms with Crippen LogP contribution in [-0.4, -0.2) is 16.3 Å². The minimum atomic E-state index is 0.932. The third-order valence-corrected chi connectivity index (χ3v) is 2.59. The SMILES string of the molecule is C=CCCCn1cc(CNCCC)c(C)n1. The van der Waals surface area contributed by atoms with E-state index in [0.717, 1.165) is 38.2 Å². The molecule has 0 atom stereocenters. The lowest BCUT2D eigenvalue weighted by Gasteiger charge is -2.00. The maximum atomic E-state index is 4.50. The molecule has 3 heteroatoms. The van der Waals surface area contributed by atoms with Crippen LogP contribution in [0, 0.1) is 6.92 Å². The molecule has 0 aliphatic heterocycles. The highest BCUT2D eigenvalue weighted by molar-refractivity contribution is 5.14. The van der Waals surface area contributed by atoms with Gasteiger partial charge in [-0.25, -0.2) is 0 Å². The van der Waals surface area contributed by atoms with Crippen LogP contribution in [0.2, 0.25) is 0 Å². The van der Waals surface area contributed by atoms with Crippen molar-refractivity contribution in [3.63, 3.8) is 0 Å². The summed E-state index contributed by atoms with van der Waals surface area (Å²) >= 11 is 0. The molecular weight excluding hydrogens is 198 g/mol. The van der Waals surface area contributed by atoms with Gasteiger partial charge in [0.25, 0.3) is 0 Å². The molecular formula is C13H23N3. The van der Waals surface area contributed by atoms with Gasteiger partial charge in [0, 0.05) is 24.8 Å². The Morgan fingerprint density at radius 3 is 3.06 bits per heavy atom. The maximum absolute atomic E-state index is 4.50. The number of unbranched alkanes of at least 4 members (excludes halogenated alkanes) is 1. The van der Waals surface area contributed by atoms with Crippen molar-refractivity contribution in [2.24, 2.45) is 0 Å². The zero-order chi connectivity index (χ0) is 11.8. The zero-order valence-corrected chi connectivity index (χ0v) is 10.5. The van der Waals surface area contributed by atoms with E-state index < -0.39 is 0 Å². The predicted octanol–water partition coefficient (Wildman–Crippen LogP) is 2.66. The van der Waals surface area contributed by atoms with Gasteiger partial charge in [-0.1, -0.05) is 13.0 Å². The normalized spacial score (nSPS) is 10.6. The fraction of sp³-hybridized carbons (Fsp3) is 0.615. The van der Waals surface area contributed by atoms with E-state index in [0.29, 0.717) is 0 Å². The average molecular weight is 221 g/mol. The molecule has 16 heavy (non-hydrogen) atoms. The molecule has 0 unspecified atom stereocenters. The molecule has 3 nitrogen and oxygen atoms in total. The number of hydrogen-bond acceptors (Lipinski definition) is 2. The summed E-state index contributed by atoms with van der Waals surface area (Å²) in [6.07, 6.45) is 7.46. The first-order valence-corrected chi connectivity index (χ1v) is 6.12. The fourth-order valence-corrected chi connectivity index (χ4v) is 1.64. The maximum Gasteiger partial charge on any atom is 0.0638 e. The highest BCUT2D eigenvalue weighted by Gasteiger charge is 2.03. The van der Waals surface area contributed by atoms with Gasteiger partial charge in [0.15, 0.2) is 0 Å². The molecule has 0 saturated heterocycles. The molecule has 1 rings (SSSR count). The Hall–Kier alpha value is -1.09. The van der Waals surface area contributed by atoms with Crippen LogP contribution in [0.5, 0.6) is 0 Å². The number of aromatic nitrogens is 2. The Morgan fingerprint density at radius 1 is 1.56 bits per heavy atom. The third-order valence-electron chi connectivity index (χ3n) is 2.59. The first-order valence-electron chi connectivity index (χ1n) is 6.12.